The van der Waals surface area contributed by atoms with Gasteiger partial charge in [-0.2, -0.15) is 0 Å². The van der Waals surface area contributed by atoms with Crippen molar-refractivity contribution in [2.45, 2.75) is 45.9 Å². The van der Waals surface area contributed by atoms with Crippen LogP contribution in [0.5, 0.6) is 11.5 Å². The molecule has 3 aromatic rings. The number of hydrogen-bond donors (Lipinski definition) is 1. The van der Waals surface area contributed by atoms with Crippen LogP contribution in [0.1, 0.15) is 49.4 Å². The number of ether oxygens (including phenoxy) is 2. The SMILES string of the molecule is CCCC(NCc1cccc(OCC)c1OCc1ccc(Cl)cc1)c1ccccc1.Cl. The Kier molecular flexibility index (Phi) is 10.7. The minimum absolute atomic E-state index is 0. The number of benzene rings is 3. The molecule has 3 aromatic carbocycles. The van der Waals surface area contributed by atoms with Crippen LogP contribution in [-0.4, -0.2) is 6.61 Å². The molecule has 0 saturated carbocycles. The number of para-hydroxylation sites is 1. The molecule has 0 aliphatic rings. The first kappa shape index (κ1) is 25.1. The average molecular weight is 460 g/mol. The third kappa shape index (κ3) is 7.46. The zero-order valence-corrected chi connectivity index (χ0v) is 19.7. The molecule has 1 N–H and O–H groups in total. The van der Waals surface area contributed by atoms with Crippen molar-refractivity contribution in [2.75, 3.05) is 6.61 Å². The smallest absolute Gasteiger partial charge is 0.166 e. The Morgan fingerprint density at radius 2 is 1.61 bits per heavy atom. The normalized spacial score (nSPS) is 11.5. The van der Waals surface area contributed by atoms with E-state index in [1.165, 1.54) is 5.56 Å². The Morgan fingerprint density at radius 1 is 0.871 bits per heavy atom. The number of halogens is 2. The fraction of sp³-hybridized carbons (Fsp3) is 0.308. The molecule has 31 heavy (non-hydrogen) atoms. The van der Waals surface area contributed by atoms with Crippen molar-refractivity contribution in [3.05, 3.63) is 94.5 Å². The summed E-state index contributed by atoms with van der Waals surface area (Å²) in [6.45, 7) is 5.97. The van der Waals surface area contributed by atoms with Crippen molar-refractivity contribution < 1.29 is 9.47 Å². The van der Waals surface area contributed by atoms with Crippen LogP contribution in [0.15, 0.2) is 72.8 Å². The molecule has 3 rings (SSSR count). The molecular weight excluding hydrogens is 429 g/mol. The van der Waals surface area contributed by atoms with Crippen LogP contribution in [0.3, 0.4) is 0 Å². The molecule has 0 heterocycles. The van der Waals surface area contributed by atoms with Crippen molar-refractivity contribution in [3.63, 3.8) is 0 Å². The van der Waals surface area contributed by atoms with Gasteiger partial charge in [0.2, 0.25) is 0 Å². The lowest BCUT2D eigenvalue weighted by atomic mass is 10.0. The molecule has 3 nitrogen and oxygen atoms in total. The minimum Gasteiger partial charge on any atom is -0.490 e. The highest BCUT2D eigenvalue weighted by molar-refractivity contribution is 6.30. The van der Waals surface area contributed by atoms with E-state index in [9.17, 15) is 0 Å². The molecule has 1 unspecified atom stereocenters. The Hall–Kier alpha value is -2.20. The van der Waals surface area contributed by atoms with Gasteiger partial charge in [0.25, 0.3) is 0 Å². The van der Waals surface area contributed by atoms with Gasteiger partial charge in [-0.15, -0.1) is 12.4 Å². The highest BCUT2D eigenvalue weighted by atomic mass is 35.5. The van der Waals surface area contributed by atoms with Gasteiger partial charge in [-0.1, -0.05) is 79.5 Å². The maximum Gasteiger partial charge on any atom is 0.166 e. The van der Waals surface area contributed by atoms with E-state index in [-0.39, 0.29) is 12.4 Å². The molecule has 0 bridgehead atoms. The highest BCUT2D eigenvalue weighted by Crippen LogP contribution is 2.33. The summed E-state index contributed by atoms with van der Waals surface area (Å²) in [6.07, 6.45) is 2.20. The first-order valence-corrected chi connectivity index (χ1v) is 11.0. The summed E-state index contributed by atoms with van der Waals surface area (Å²) in [4.78, 5) is 0. The second-order valence-electron chi connectivity index (χ2n) is 7.23. The third-order valence-corrected chi connectivity index (χ3v) is 5.23. The molecule has 0 amide bonds. The minimum atomic E-state index is 0. The largest absolute Gasteiger partial charge is 0.490 e. The van der Waals surface area contributed by atoms with Gasteiger partial charge in [-0.05, 0) is 42.7 Å². The van der Waals surface area contributed by atoms with Crippen molar-refractivity contribution >= 4 is 24.0 Å². The van der Waals surface area contributed by atoms with Crippen LogP contribution in [0.4, 0.5) is 0 Å². The van der Waals surface area contributed by atoms with Crippen molar-refractivity contribution in [1.29, 1.82) is 0 Å². The Bertz CT molecular complexity index is 901. The zero-order valence-electron chi connectivity index (χ0n) is 18.1. The number of hydrogen-bond acceptors (Lipinski definition) is 3. The average Bonchev–Trinajstić information content (AvgIpc) is 2.78. The first-order valence-electron chi connectivity index (χ1n) is 10.6. The number of nitrogens with one attached hydrogen (secondary N) is 1. The molecule has 0 aliphatic heterocycles. The second kappa shape index (κ2) is 13.3. The van der Waals surface area contributed by atoms with Gasteiger partial charge in [-0.25, -0.2) is 0 Å². The molecule has 0 aliphatic carbocycles. The fourth-order valence-corrected chi connectivity index (χ4v) is 3.59. The van der Waals surface area contributed by atoms with E-state index in [1.54, 1.807) is 0 Å². The van der Waals surface area contributed by atoms with E-state index in [1.807, 2.05) is 43.3 Å². The number of rotatable bonds is 11. The van der Waals surface area contributed by atoms with Crippen molar-refractivity contribution in [3.8, 4) is 11.5 Å². The molecule has 1 atom stereocenters. The highest BCUT2D eigenvalue weighted by Gasteiger charge is 2.15. The third-order valence-electron chi connectivity index (χ3n) is 4.97. The zero-order chi connectivity index (χ0) is 21.2. The monoisotopic (exact) mass is 459 g/mol. The fourth-order valence-electron chi connectivity index (χ4n) is 3.46. The summed E-state index contributed by atoms with van der Waals surface area (Å²) >= 11 is 6.00. The molecule has 0 radical (unpaired) electrons. The molecule has 5 heteroatoms. The molecule has 0 saturated heterocycles. The van der Waals surface area contributed by atoms with Gasteiger partial charge < -0.3 is 14.8 Å². The van der Waals surface area contributed by atoms with E-state index in [2.05, 4.69) is 48.6 Å². The van der Waals surface area contributed by atoms with E-state index in [0.717, 1.165) is 40.5 Å². The van der Waals surface area contributed by atoms with E-state index in [0.29, 0.717) is 25.8 Å². The van der Waals surface area contributed by atoms with Gasteiger partial charge in [0.05, 0.1) is 6.61 Å². The maximum absolute atomic E-state index is 6.24. The predicted molar refractivity (Wildman–Crippen MR) is 132 cm³/mol. The van der Waals surface area contributed by atoms with Crippen LogP contribution in [0, 0.1) is 0 Å². The van der Waals surface area contributed by atoms with E-state index in [4.69, 9.17) is 21.1 Å². The first-order chi connectivity index (χ1) is 14.7. The molecule has 0 fully saturated rings. The lowest BCUT2D eigenvalue weighted by Crippen LogP contribution is -2.21. The molecule has 0 aromatic heterocycles. The van der Waals surface area contributed by atoms with E-state index >= 15 is 0 Å². The quantitative estimate of drug-likeness (QED) is 0.324. The summed E-state index contributed by atoms with van der Waals surface area (Å²) in [5.74, 6) is 1.57. The maximum atomic E-state index is 6.24. The van der Waals surface area contributed by atoms with Gasteiger partial charge in [0.1, 0.15) is 6.61 Å². The predicted octanol–water partition coefficient (Wildman–Crippen LogP) is 7.37. The van der Waals surface area contributed by atoms with Crippen molar-refractivity contribution in [1.82, 2.24) is 5.32 Å². The summed E-state index contributed by atoms with van der Waals surface area (Å²) in [7, 11) is 0. The summed E-state index contributed by atoms with van der Waals surface area (Å²) < 4.78 is 12.1. The van der Waals surface area contributed by atoms with Gasteiger partial charge >= 0.3 is 0 Å². The summed E-state index contributed by atoms with van der Waals surface area (Å²) in [6, 6.07) is 24.7. The Balaban J connectivity index is 0.00000341. The van der Waals surface area contributed by atoms with Crippen LogP contribution in [0.2, 0.25) is 5.02 Å². The second-order valence-corrected chi connectivity index (χ2v) is 7.66. The molecule has 0 spiro atoms. The summed E-state index contributed by atoms with van der Waals surface area (Å²) in [5, 5.41) is 4.44. The molecule has 166 valence electrons. The van der Waals surface area contributed by atoms with Gasteiger partial charge in [0.15, 0.2) is 11.5 Å². The lowest BCUT2D eigenvalue weighted by Gasteiger charge is -2.21. The standard InChI is InChI=1S/C26H30ClNO2.ClH/c1-3-9-24(21-10-6-5-7-11-21)28-18-22-12-8-13-25(29-4-2)26(22)30-19-20-14-16-23(27)17-15-20;/h5-8,10-17,24,28H,3-4,9,18-19H2,1-2H3;1H. The van der Waals surface area contributed by atoms with Crippen LogP contribution >= 0.6 is 24.0 Å². The van der Waals surface area contributed by atoms with Gasteiger partial charge in [0, 0.05) is 23.2 Å². The van der Waals surface area contributed by atoms with Crippen LogP contribution in [0.25, 0.3) is 0 Å². The van der Waals surface area contributed by atoms with Crippen molar-refractivity contribution in [2.24, 2.45) is 0 Å². The Morgan fingerprint density at radius 3 is 2.29 bits per heavy atom. The topological polar surface area (TPSA) is 30.5 Å². The molecular formula is C26H31Cl2NO2. The van der Waals surface area contributed by atoms with Crippen LogP contribution < -0.4 is 14.8 Å². The van der Waals surface area contributed by atoms with Crippen LogP contribution in [-0.2, 0) is 13.2 Å². The summed E-state index contributed by atoms with van der Waals surface area (Å²) in [5.41, 5.74) is 3.47. The Labute approximate surface area is 197 Å². The van der Waals surface area contributed by atoms with Gasteiger partial charge in [-0.3, -0.25) is 0 Å². The lowest BCUT2D eigenvalue weighted by molar-refractivity contribution is 0.265. The van der Waals surface area contributed by atoms with E-state index < -0.39 is 0 Å².